The maximum atomic E-state index is 4.37. The first-order chi connectivity index (χ1) is 10.4. The number of pyridine rings is 1. The summed E-state index contributed by atoms with van der Waals surface area (Å²) in [5.74, 6) is 1.13. The molecule has 0 aliphatic heterocycles. The van der Waals surface area contributed by atoms with Crippen molar-refractivity contribution in [2.75, 3.05) is 10.6 Å². The number of hydrogen-bond donors (Lipinski definition) is 2. The van der Waals surface area contributed by atoms with Gasteiger partial charge in [0.1, 0.15) is 0 Å². The van der Waals surface area contributed by atoms with Crippen LogP contribution in [0.2, 0.25) is 0 Å². The fourth-order valence-corrected chi connectivity index (χ4v) is 1.79. The van der Waals surface area contributed by atoms with E-state index in [2.05, 4.69) is 30.8 Å². The maximum Gasteiger partial charge on any atom is 0.249 e. The third-order valence-electron chi connectivity index (χ3n) is 2.81. The Hall–Kier alpha value is -3.02. The summed E-state index contributed by atoms with van der Waals surface area (Å²) >= 11 is 0. The molecule has 0 aliphatic rings. The summed E-state index contributed by atoms with van der Waals surface area (Å²) in [5, 5.41) is 14.2. The van der Waals surface area contributed by atoms with E-state index >= 15 is 0 Å². The molecule has 2 aromatic heterocycles. The van der Waals surface area contributed by atoms with Crippen molar-refractivity contribution < 1.29 is 0 Å². The Kier molecular flexibility index (Phi) is 3.97. The molecule has 0 atom stereocenters. The van der Waals surface area contributed by atoms with Crippen LogP contribution in [-0.2, 0) is 6.54 Å². The molecule has 6 nitrogen and oxygen atoms in total. The third-order valence-corrected chi connectivity index (χ3v) is 2.81. The molecular formula is C15H14N6. The van der Waals surface area contributed by atoms with Gasteiger partial charge < -0.3 is 10.6 Å². The highest BCUT2D eigenvalue weighted by molar-refractivity contribution is 5.53. The van der Waals surface area contributed by atoms with Crippen LogP contribution in [0.25, 0.3) is 0 Å². The molecule has 3 aromatic rings. The lowest BCUT2D eigenvalue weighted by Crippen LogP contribution is -2.05. The molecule has 0 amide bonds. The Morgan fingerprint density at radius 2 is 1.76 bits per heavy atom. The summed E-state index contributed by atoms with van der Waals surface area (Å²) in [6.45, 7) is 0.659. The number of anilines is 3. The fraction of sp³-hybridized carbons (Fsp3) is 0.0667. The average molecular weight is 278 g/mol. The Morgan fingerprint density at radius 3 is 2.57 bits per heavy atom. The van der Waals surface area contributed by atoms with Crippen LogP contribution in [0.3, 0.4) is 0 Å². The number of aromatic nitrogens is 4. The first-order valence-electron chi connectivity index (χ1n) is 6.55. The van der Waals surface area contributed by atoms with Gasteiger partial charge >= 0.3 is 0 Å². The topological polar surface area (TPSA) is 75.6 Å². The van der Waals surface area contributed by atoms with Gasteiger partial charge in [-0.1, -0.05) is 18.2 Å². The van der Waals surface area contributed by atoms with Crippen LogP contribution in [0.1, 0.15) is 5.56 Å². The molecule has 3 rings (SSSR count). The minimum absolute atomic E-state index is 0.459. The van der Waals surface area contributed by atoms with Crippen molar-refractivity contribution >= 4 is 17.5 Å². The number of hydrogen-bond acceptors (Lipinski definition) is 6. The molecule has 0 radical (unpaired) electrons. The van der Waals surface area contributed by atoms with E-state index < -0.39 is 0 Å². The minimum Gasteiger partial charge on any atom is -0.365 e. The van der Waals surface area contributed by atoms with E-state index in [0.29, 0.717) is 18.3 Å². The van der Waals surface area contributed by atoms with Crippen LogP contribution in [-0.4, -0.2) is 20.2 Å². The first-order valence-corrected chi connectivity index (χ1v) is 6.55. The lowest BCUT2D eigenvalue weighted by atomic mass is 10.3. The van der Waals surface area contributed by atoms with E-state index in [1.807, 2.05) is 42.5 Å². The Bertz CT molecular complexity index is 687. The molecule has 21 heavy (non-hydrogen) atoms. The summed E-state index contributed by atoms with van der Waals surface area (Å²) in [6, 6.07) is 13.6. The van der Waals surface area contributed by atoms with Crippen molar-refractivity contribution in [3.8, 4) is 0 Å². The van der Waals surface area contributed by atoms with E-state index in [0.717, 1.165) is 11.3 Å². The molecular weight excluding hydrogens is 264 g/mol. The van der Waals surface area contributed by atoms with Crippen LogP contribution in [0, 0.1) is 0 Å². The SMILES string of the molecule is c1ccc(Nc2nncc(NCc3ccncc3)n2)cc1. The number of rotatable bonds is 5. The summed E-state index contributed by atoms with van der Waals surface area (Å²) in [4.78, 5) is 8.36. The van der Waals surface area contributed by atoms with Gasteiger partial charge in [0.05, 0.1) is 6.20 Å². The van der Waals surface area contributed by atoms with E-state index in [4.69, 9.17) is 0 Å². The number of para-hydroxylation sites is 1. The molecule has 0 aliphatic carbocycles. The van der Waals surface area contributed by atoms with E-state index in [-0.39, 0.29) is 0 Å². The van der Waals surface area contributed by atoms with Crippen LogP contribution < -0.4 is 10.6 Å². The number of nitrogens with one attached hydrogen (secondary N) is 2. The first kappa shape index (κ1) is 13.0. The summed E-state index contributed by atoms with van der Waals surface area (Å²) in [7, 11) is 0. The van der Waals surface area contributed by atoms with Crippen molar-refractivity contribution in [3.63, 3.8) is 0 Å². The zero-order valence-corrected chi connectivity index (χ0v) is 11.3. The van der Waals surface area contributed by atoms with E-state index in [1.165, 1.54) is 0 Å². The fourth-order valence-electron chi connectivity index (χ4n) is 1.79. The lowest BCUT2D eigenvalue weighted by molar-refractivity contribution is 0.965. The maximum absolute atomic E-state index is 4.37. The van der Waals surface area contributed by atoms with Crippen LogP contribution in [0.4, 0.5) is 17.5 Å². The van der Waals surface area contributed by atoms with Crippen LogP contribution in [0.15, 0.2) is 61.1 Å². The standard InChI is InChI=1S/C15H14N6/c1-2-4-13(5-3-1)19-15-20-14(11-18-21-15)17-10-12-6-8-16-9-7-12/h1-9,11H,10H2,(H2,17,19,20,21). The predicted octanol–water partition coefficient (Wildman–Crippen LogP) is 2.62. The summed E-state index contributed by atoms with van der Waals surface area (Å²) < 4.78 is 0. The van der Waals surface area contributed by atoms with E-state index in [9.17, 15) is 0 Å². The molecule has 2 heterocycles. The molecule has 0 fully saturated rings. The van der Waals surface area contributed by atoms with Gasteiger partial charge in [0.15, 0.2) is 5.82 Å². The Morgan fingerprint density at radius 1 is 0.952 bits per heavy atom. The van der Waals surface area contributed by atoms with Gasteiger partial charge in [-0.25, -0.2) is 0 Å². The number of benzene rings is 1. The number of nitrogens with zero attached hydrogens (tertiary/aromatic N) is 4. The normalized spacial score (nSPS) is 10.1. The summed E-state index contributed by atoms with van der Waals surface area (Å²) in [6.07, 6.45) is 5.12. The highest BCUT2D eigenvalue weighted by atomic mass is 15.3. The second-order valence-corrected chi connectivity index (χ2v) is 4.37. The lowest BCUT2D eigenvalue weighted by Gasteiger charge is -2.07. The van der Waals surface area contributed by atoms with Gasteiger partial charge in [-0.15, -0.1) is 5.10 Å². The van der Waals surface area contributed by atoms with Gasteiger partial charge in [0.25, 0.3) is 0 Å². The molecule has 1 aromatic carbocycles. The average Bonchev–Trinajstić information content (AvgIpc) is 2.55. The minimum atomic E-state index is 0.459. The third kappa shape index (κ3) is 3.73. The Balaban J connectivity index is 1.66. The largest absolute Gasteiger partial charge is 0.365 e. The summed E-state index contributed by atoms with van der Waals surface area (Å²) in [5.41, 5.74) is 2.05. The van der Waals surface area contributed by atoms with Crippen molar-refractivity contribution in [3.05, 3.63) is 66.6 Å². The van der Waals surface area contributed by atoms with E-state index in [1.54, 1.807) is 18.6 Å². The molecule has 0 unspecified atom stereocenters. The van der Waals surface area contributed by atoms with Crippen molar-refractivity contribution in [1.82, 2.24) is 20.2 Å². The molecule has 6 heteroatoms. The molecule has 104 valence electrons. The van der Waals surface area contributed by atoms with Gasteiger partial charge in [0, 0.05) is 24.6 Å². The smallest absolute Gasteiger partial charge is 0.249 e. The van der Waals surface area contributed by atoms with Crippen LogP contribution >= 0.6 is 0 Å². The zero-order valence-electron chi connectivity index (χ0n) is 11.3. The van der Waals surface area contributed by atoms with Crippen molar-refractivity contribution in [2.45, 2.75) is 6.54 Å². The van der Waals surface area contributed by atoms with Gasteiger partial charge in [-0.05, 0) is 29.8 Å². The molecule has 2 N–H and O–H groups in total. The van der Waals surface area contributed by atoms with Crippen molar-refractivity contribution in [1.29, 1.82) is 0 Å². The molecule has 0 bridgehead atoms. The molecule has 0 spiro atoms. The molecule has 0 saturated heterocycles. The van der Waals surface area contributed by atoms with Gasteiger partial charge in [-0.2, -0.15) is 10.1 Å². The second kappa shape index (κ2) is 6.42. The quantitative estimate of drug-likeness (QED) is 0.747. The Labute approximate surface area is 122 Å². The van der Waals surface area contributed by atoms with Gasteiger partial charge in [0.2, 0.25) is 5.95 Å². The monoisotopic (exact) mass is 278 g/mol. The van der Waals surface area contributed by atoms with Gasteiger partial charge in [-0.3, -0.25) is 4.98 Å². The molecule has 0 saturated carbocycles. The van der Waals surface area contributed by atoms with Crippen LogP contribution in [0.5, 0.6) is 0 Å². The highest BCUT2D eigenvalue weighted by Crippen LogP contribution is 2.12. The second-order valence-electron chi connectivity index (χ2n) is 4.37. The highest BCUT2D eigenvalue weighted by Gasteiger charge is 2.01. The zero-order chi connectivity index (χ0) is 14.3. The predicted molar refractivity (Wildman–Crippen MR) is 81.1 cm³/mol. The van der Waals surface area contributed by atoms with Crippen molar-refractivity contribution in [2.24, 2.45) is 0 Å².